The van der Waals surface area contributed by atoms with Crippen LogP contribution in [0, 0.1) is 11.3 Å². The van der Waals surface area contributed by atoms with Gasteiger partial charge >= 0.3 is 5.97 Å². The second-order valence-electron chi connectivity index (χ2n) is 2.95. The molecule has 0 amide bonds. The third-order valence-corrected chi connectivity index (χ3v) is 2.09. The summed E-state index contributed by atoms with van der Waals surface area (Å²) in [5.41, 5.74) is 0.402. The third kappa shape index (κ3) is 3.85. The van der Waals surface area contributed by atoms with Crippen molar-refractivity contribution in [1.29, 1.82) is 5.26 Å². The van der Waals surface area contributed by atoms with Gasteiger partial charge in [0.2, 0.25) is 0 Å². The smallest absolute Gasteiger partial charge is 0.347 e. The predicted molar refractivity (Wildman–Crippen MR) is 62.0 cm³/mol. The molecule has 6 heteroatoms. The van der Waals surface area contributed by atoms with E-state index in [0.29, 0.717) is 10.7 Å². The molecule has 0 N–H and O–H groups in total. The highest BCUT2D eigenvalue weighted by Gasteiger charge is 2.18. The standard InChI is InChI=1S/C11H10ClN3O2/c1-2-17-11(16)10(7-13)15-14-9-6-4-3-5-8(9)12/h3-6,10H,2H2,1H3/t10-/m1/s1. The van der Waals surface area contributed by atoms with Crippen molar-refractivity contribution in [1.82, 2.24) is 0 Å². The summed E-state index contributed by atoms with van der Waals surface area (Å²) in [5, 5.41) is 16.5. The maximum Gasteiger partial charge on any atom is 0.347 e. The molecule has 0 fully saturated rings. The van der Waals surface area contributed by atoms with Crippen LogP contribution in [0.15, 0.2) is 34.5 Å². The van der Waals surface area contributed by atoms with Gasteiger partial charge in [0.1, 0.15) is 11.8 Å². The molecule has 0 saturated carbocycles. The summed E-state index contributed by atoms with van der Waals surface area (Å²) in [4.78, 5) is 11.2. The van der Waals surface area contributed by atoms with Crippen molar-refractivity contribution in [2.45, 2.75) is 13.0 Å². The van der Waals surface area contributed by atoms with E-state index in [2.05, 4.69) is 15.0 Å². The minimum Gasteiger partial charge on any atom is -0.464 e. The Balaban J connectivity index is 2.79. The lowest BCUT2D eigenvalue weighted by Crippen LogP contribution is -2.19. The first-order chi connectivity index (χ1) is 8.19. The van der Waals surface area contributed by atoms with Crippen molar-refractivity contribution in [3.63, 3.8) is 0 Å². The van der Waals surface area contributed by atoms with Gasteiger partial charge in [-0.2, -0.15) is 15.5 Å². The molecule has 5 nitrogen and oxygen atoms in total. The SMILES string of the molecule is CCOC(=O)[C@@H](C#N)N=Nc1ccccc1Cl. The van der Waals surface area contributed by atoms with Crippen LogP contribution in [0.2, 0.25) is 5.02 Å². The van der Waals surface area contributed by atoms with Gasteiger partial charge in [0.05, 0.1) is 11.6 Å². The molecule has 88 valence electrons. The fourth-order valence-electron chi connectivity index (χ4n) is 1.000. The van der Waals surface area contributed by atoms with Gasteiger partial charge in [0.25, 0.3) is 6.04 Å². The Bertz CT molecular complexity index is 468. The average Bonchev–Trinajstić information content (AvgIpc) is 2.32. The van der Waals surface area contributed by atoms with Crippen molar-refractivity contribution >= 4 is 23.3 Å². The van der Waals surface area contributed by atoms with E-state index in [1.807, 2.05) is 0 Å². The molecule has 0 spiro atoms. The molecule has 0 aliphatic carbocycles. The first-order valence-electron chi connectivity index (χ1n) is 4.90. The van der Waals surface area contributed by atoms with Gasteiger partial charge in [0.15, 0.2) is 0 Å². The Labute approximate surface area is 104 Å². The van der Waals surface area contributed by atoms with Crippen molar-refractivity contribution in [3.05, 3.63) is 29.3 Å². The quantitative estimate of drug-likeness (QED) is 0.610. The van der Waals surface area contributed by atoms with Crippen LogP contribution in [-0.4, -0.2) is 18.6 Å². The largest absolute Gasteiger partial charge is 0.464 e. The molecule has 1 aromatic rings. The Morgan fingerprint density at radius 3 is 2.88 bits per heavy atom. The van der Waals surface area contributed by atoms with Crippen LogP contribution in [0.25, 0.3) is 0 Å². The van der Waals surface area contributed by atoms with Crippen LogP contribution in [0.4, 0.5) is 5.69 Å². The van der Waals surface area contributed by atoms with E-state index in [9.17, 15) is 4.79 Å². The van der Waals surface area contributed by atoms with Crippen molar-refractivity contribution in [2.75, 3.05) is 6.61 Å². The summed E-state index contributed by atoms with van der Waals surface area (Å²) in [6, 6.07) is 7.18. The van der Waals surface area contributed by atoms with Crippen molar-refractivity contribution in [2.24, 2.45) is 10.2 Å². The number of nitrogens with zero attached hydrogens (tertiary/aromatic N) is 3. The zero-order valence-corrected chi connectivity index (χ0v) is 9.89. The highest BCUT2D eigenvalue weighted by Crippen LogP contribution is 2.24. The number of nitriles is 1. The van der Waals surface area contributed by atoms with Gasteiger partial charge in [-0.15, -0.1) is 0 Å². The summed E-state index contributed by atoms with van der Waals surface area (Å²) in [7, 11) is 0. The Morgan fingerprint density at radius 2 is 2.29 bits per heavy atom. The summed E-state index contributed by atoms with van der Waals surface area (Å²) in [5.74, 6) is -0.717. The van der Waals surface area contributed by atoms with E-state index in [0.717, 1.165) is 0 Å². The monoisotopic (exact) mass is 251 g/mol. The van der Waals surface area contributed by atoms with Crippen molar-refractivity contribution in [3.8, 4) is 6.07 Å². The van der Waals surface area contributed by atoms with Gasteiger partial charge in [-0.1, -0.05) is 23.7 Å². The fraction of sp³-hybridized carbons (Fsp3) is 0.273. The normalized spacial score (nSPS) is 12.1. The van der Waals surface area contributed by atoms with Crippen LogP contribution < -0.4 is 0 Å². The number of hydrogen-bond acceptors (Lipinski definition) is 5. The van der Waals surface area contributed by atoms with E-state index >= 15 is 0 Å². The fourth-order valence-corrected chi connectivity index (χ4v) is 1.17. The zero-order chi connectivity index (χ0) is 12.7. The number of rotatable bonds is 4. The molecular formula is C11H10ClN3O2. The highest BCUT2D eigenvalue weighted by molar-refractivity contribution is 6.32. The van der Waals surface area contributed by atoms with Gasteiger partial charge < -0.3 is 4.74 Å². The van der Waals surface area contributed by atoms with Gasteiger partial charge in [0, 0.05) is 0 Å². The molecule has 1 aromatic carbocycles. The lowest BCUT2D eigenvalue weighted by molar-refractivity contribution is -0.143. The summed E-state index contributed by atoms with van der Waals surface area (Å²) < 4.78 is 4.67. The molecule has 17 heavy (non-hydrogen) atoms. The Kier molecular flexibility index (Phi) is 5.11. The van der Waals surface area contributed by atoms with Gasteiger partial charge in [-0.25, -0.2) is 4.79 Å². The zero-order valence-electron chi connectivity index (χ0n) is 9.13. The topological polar surface area (TPSA) is 74.8 Å². The van der Waals surface area contributed by atoms with Crippen LogP contribution >= 0.6 is 11.6 Å². The third-order valence-electron chi connectivity index (χ3n) is 1.77. The molecule has 1 rings (SSSR count). The number of azo groups is 1. The molecule has 0 radical (unpaired) electrons. The number of esters is 1. The second kappa shape index (κ2) is 6.61. The molecule has 1 atom stereocenters. The first kappa shape index (κ1) is 13.1. The first-order valence-corrected chi connectivity index (χ1v) is 5.28. The predicted octanol–water partition coefficient (Wildman–Crippen LogP) is 2.88. The van der Waals surface area contributed by atoms with E-state index < -0.39 is 12.0 Å². The molecule has 0 aromatic heterocycles. The molecule has 0 heterocycles. The van der Waals surface area contributed by atoms with E-state index in [1.54, 1.807) is 37.3 Å². The highest BCUT2D eigenvalue weighted by atomic mass is 35.5. The number of halogens is 1. The van der Waals surface area contributed by atoms with Crippen LogP contribution in [-0.2, 0) is 9.53 Å². The van der Waals surface area contributed by atoms with E-state index in [1.165, 1.54) is 0 Å². The number of hydrogen-bond donors (Lipinski definition) is 0. The lowest BCUT2D eigenvalue weighted by atomic mass is 10.3. The molecule has 0 aliphatic heterocycles. The average molecular weight is 252 g/mol. The number of ether oxygens (including phenoxy) is 1. The van der Waals surface area contributed by atoms with E-state index in [-0.39, 0.29) is 6.61 Å². The minimum atomic E-state index is -1.26. The number of benzene rings is 1. The van der Waals surface area contributed by atoms with Gasteiger partial charge in [-0.3, -0.25) is 0 Å². The summed E-state index contributed by atoms with van der Waals surface area (Å²) in [6.07, 6.45) is 0. The lowest BCUT2D eigenvalue weighted by Gasteiger charge is -2.02. The summed E-state index contributed by atoms with van der Waals surface area (Å²) >= 11 is 5.84. The molecule has 0 unspecified atom stereocenters. The maximum absolute atomic E-state index is 11.2. The van der Waals surface area contributed by atoms with Crippen molar-refractivity contribution < 1.29 is 9.53 Å². The molecular weight excluding hydrogens is 242 g/mol. The molecule has 0 bridgehead atoms. The van der Waals surface area contributed by atoms with E-state index in [4.69, 9.17) is 16.9 Å². The maximum atomic E-state index is 11.2. The van der Waals surface area contributed by atoms with Crippen LogP contribution in [0.5, 0.6) is 0 Å². The molecule has 0 aliphatic rings. The second-order valence-corrected chi connectivity index (χ2v) is 3.36. The van der Waals surface area contributed by atoms with Crippen LogP contribution in [0.3, 0.4) is 0 Å². The number of carbonyl (C=O) groups is 1. The summed E-state index contributed by atoms with van der Waals surface area (Å²) in [6.45, 7) is 1.84. The Hall–Kier alpha value is -1.93. The van der Waals surface area contributed by atoms with Crippen LogP contribution in [0.1, 0.15) is 6.92 Å². The van der Waals surface area contributed by atoms with Gasteiger partial charge in [-0.05, 0) is 19.1 Å². The minimum absolute atomic E-state index is 0.193. The Morgan fingerprint density at radius 1 is 1.59 bits per heavy atom. The molecule has 0 saturated heterocycles. The number of carbonyl (C=O) groups excluding carboxylic acids is 1.